The molecule has 0 aliphatic carbocycles. The number of para-hydroxylation sites is 1. The molecule has 0 aliphatic heterocycles. The molecule has 0 saturated carbocycles. The molecule has 0 atom stereocenters. The number of rotatable bonds is 3. The van der Waals surface area contributed by atoms with Gasteiger partial charge in [-0.15, -0.1) is 0 Å². The van der Waals surface area contributed by atoms with E-state index in [2.05, 4.69) is 62.1 Å². The molecule has 0 spiro atoms. The van der Waals surface area contributed by atoms with Crippen LogP contribution in [0.3, 0.4) is 0 Å². The van der Waals surface area contributed by atoms with Crippen LogP contribution in [-0.2, 0) is 0 Å². The minimum Gasteiger partial charge on any atom is -0.456 e. The predicted octanol–water partition coefficient (Wildman–Crippen LogP) is 6.79. The van der Waals surface area contributed by atoms with Gasteiger partial charge in [0.05, 0.1) is 5.39 Å². The molecule has 1 aromatic heterocycles. The molecular weight excluding hydrogens is 282 g/mol. The van der Waals surface area contributed by atoms with E-state index in [1.54, 1.807) is 0 Å². The lowest BCUT2D eigenvalue weighted by atomic mass is 10.1. The standard InChI is InChI=1S/C17H19NO.2C2H6/c1-4-18(5-2)14-10-7-11-15-16(14)13-9-6-8-12(3)17(13)19-15;2*1-2/h6-11H,4-5H2,1-3H3;2*1-2H3. The minimum absolute atomic E-state index is 0.980. The van der Waals surface area contributed by atoms with Gasteiger partial charge in [-0.05, 0) is 38.5 Å². The highest BCUT2D eigenvalue weighted by atomic mass is 16.3. The van der Waals surface area contributed by atoms with Gasteiger partial charge in [-0.1, -0.05) is 52.0 Å². The van der Waals surface area contributed by atoms with Gasteiger partial charge in [0.25, 0.3) is 0 Å². The maximum atomic E-state index is 6.04. The number of anilines is 1. The lowest BCUT2D eigenvalue weighted by molar-refractivity contribution is 0.665. The fourth-order valence-corrected chi connectivity index (χ4v) is 2.80. The van der Waals surface area contributed by atoms with E-state index in [4.69, 9.17) is 4.42 Å². The van der Waals surface area contributed by atoms with E-state index in [0.29, 0.717) is 0 Å². The average Bonchev–Trinajstić information content (AvgIpc) is 3.00. The first-order valence-electron chi connectivity index (χ1n) is 8.92. The van der Waals surface area contributed by atoms with Gasteiger partial charge in [-0.25, -0.2) is 0 Å². The Morgan fingerprint density at radius 2 is 1.48 bits per heavy atom. The van der Waals surface area contributed by atoms with E-state index < -0.39 is 0 Å². The molecular formula is C21H31NO. The summed E-state index contributed by atoms with van der Waals surface area (Å²) in [5.41, 5.74) is 4.46. The van der Waals surface area contributed by atoms with Crippen molar-refractivity contribution < 1.29 is 4.42 Å². The zero-order valence-corrected chi connectivity index (χ0v) is 15.7. The lowest BCUT2D eigenvalue weighted by Crippen LogP contribution is -2.21. The summed E-state index contributed by atoms with van der Waals surface area (Å²) in [4.78, 5) is 2.37. The second-order valence-corrected chi connectivity index (χ2v) is 4.88. The highest BCUT2D eigenvalue weighted by Gasteiger charge is 2.14. The summed E-state index contributed by atoms with van der Waals surface area (Å²) in [6.45, 7) is 16.5. The van der Waals surface area contributed by atoms with Crippen LogP contribution in [0.4, 0.5) is 5.69 Å². The van der Waals surface area contributed by atoms with Crippen molar-refractivity contribution in [3.63, 3.8) is 0 Å². The van der Waals surface area contributed by atoms with E-state index in [9.17, 15) is 0 Å². The van der Waals surface area contributed by atoms with Crippen LogP contribution < -0.4 is 4.90 Å². The van der Waals surface area contributed by atoms with Gasteiger partial charge in [0.15, 0.2) is 0 Å². The number of furan rings is 1. The molecule has 0 aliphatic rings. The number of hydrogen-bond donors (Lipinski definition) is 0. The van der Waals surface area contributed by atoms with E-state index >= 15 is 0 Å². The van der Waals surface area contributed by atoms with E-state index in [0.717, 1.165) is 24.3 Å². The maximum absolute atomic E-state index is 6.04. The van der Waals surface area contributed by atoms with Crippen molar-refractivity contribution in [2.24, 2.45) is 0 Å². The maximum Gasteiger partial charge on any atom is 0.138 e. The Labute approximate surface area is 141 Å². The van der Waals surface area contributed by atoms with Crippen molar-refractivity contribution in [2.75, 3.05) is 18.0 Å². The second kappa shape index (κ2) is 9.24. The Morgan fingerprint density at radius 1 is 0.870 bits per heavy atom. The summed E-state index contributed by atoms with van der Waals surface area (Å²) in [5, 5.41) is 2.46. The first kappa shape index (κ1) is 19.1. The molecule has 0 saturated heterocycles. The summed E-state index contributed by atoms with van der Waals surface area (Å²) >= 11 is 0. The Balaban J connectivity index is 0.000000615. The average molecular weight is 313 g/mol. The molecule has 2 heteroatoms. The van der Waals surface area contributed by atoms with E-state index in [1.165, 1.54) is 22.0 Å². The highest BCUT2D eigenvalue weighted by Crippen LogP contribution is 2.36. The van der Waals surface area contributed by atoms with Crippen LogP contribution in [0, 0.1) is 6.92 Å². The van der Waals surface area contributed by atoms with E-state index in [-0.39, 0.29) is 0 Å². The second-order valence-electron chi connectivity index (χ2n) is 4.88. The van der Waals surface area contributed by atoms with Crippen LogP contribution in [0.5, 0.6) is 0 Å². The van der Waals surface area contributed by atoms with Gasteiger partial charge in [0.1, 0.15) is 11.2 Å². The third-order valence-electron chi connectivity index (χ3n) is 3.80. The molecule has 0 fully saturated rings. The molecule has 0 N–H and O–H groups in total. The normalized spacial score (nSPS) is 9.87. The quantitative estimate of drug-likeness (QED) is 0.529. The fourth-order valence-electron chi connectivity index (χ4n) is 2.80. The van der Waals surface area contributed by atoms with Crippen molar-refractivity contribution in [2.45, 2.75) is 48.5 Å². The summed E-state index contributed by atoms with van der Waals surface area (Å²) in [5.74, 6) is 0. The van der Waals surface area contributed by atoms with Crippen molar-refractivity contribution in [1.29, 1.82) is 0 Å². The summed E-state index contributed by atoms with van der Waals surface area (Å²) in [6.07, 6.45) is 0. The van der Waals surface area contributed by atoms with Crippen LogP contribution in [-0.4, -0.2) is 13.1 Å². The third kappa shape index (κ3) is 3.69. The molecule has 2 nitrogen and oxygen atoms in total. The molecule has 1 heterocycles. The van der Waals surface area contributed by atoms with Crippen LogP contribution in [0.1, 0.15) is 47.1 Å². The third-order valence-corrected chi connectivity index (χ3v) is 3.80. The molecule has 0 radical (unpaired) electrons. The largest absolute Gasteiger partial charge is 0.456 e. The van der Waals surface area contributed by atoms with Gasteiger partial charge >= 0.3 is 0 Å². The number of hydrogen-bond acceptors (Lipinski definition) is 2. The van der Waals surface area contributed by atoms with Crippen molar-refractivity contribution >= 4 is 27.6 Å². The molecule has 126 valence electrons. The van der Waals surface area contributed by atoms with Crippen molar-refractivity contribution in [3.05, 3.63) is 42.0 Å². The molecule has 0 amide bonds. The van der Waals surface area contributed by atoms with Crippen molar-refractivity contribution in [3.8, 4) is 0 Å². The Bertz CT molecular complexity index is 723. The molecule has 0 unspecified atom stereocenters. The number of aryl methyl sites for hydroxylation is 1. The Morgan fingerprint density at radius 3 is 2.09 bits per heavy atom. The van der Waals surface area contributed by atoms with Gasteiger partial charge in [-0.3, -0.25) is 0 Å². The lowest BCUT2D eigenvalue weighted by Gasteiger charge is -2.21. The molecule has 3 aromatic rings. The van der Waals surface area contributed by atoms with Gasteiger partial charge in [-0.2, -0.15) is 0 Å². The fraction of sp³-hybridized carbons (Fsp3) is 0.429. The van der Waals surface area contributed by atoms with Gasteiger partial charge in [0, 0.05) is 24.2 Å². The summed E-state index contributed by atoms with van der Waals surface area (Å²) in [6, 6.07) is 12.7. The first-order valence-corrected chi connectivity index (χ1v) is 8.92. The highest BCUT2D eigenvalue weighted by molar-refractivity contribution is 6.12. The zero-order chi connectivity index (χ0) is 17.4. The monoisotopic (exact) mass is 313 g/mol. The van der Waals surface area contributed by atoms with Crippen LogP contribution in [0.15, 0.2) is 40.8 Å². The van der Waals surface area contributed by atoms with E-state index in [1.807, 2.05) is 27.7 Å². The molecule has 3 rings (SSSR count). The minimum atomic E-state index is 0.980. The zero-order valence-electron chi connectivity index (χ0n) is 15.7. The molecule has 23 heavy (non-hydrogen) atoms. The molecule has 2 aromatic carbocycles. The van der Waals surface area contributed by atoms with Crippen LogP contribution in [0.2, 0.25) is 0 Å². The Hall–Kier alpha value is -1.96. The number of benzene rings is 2. The summed E-state index contributed by atoms with van der Waals surface area (Å²) in [7, 11) is 0. The van der Waals surface area contributed by atoms with Gasteiger partial charge in [0.2, 0.25) is 0 Å². The van der Waals surface area contributed by atoms with Crippen molar-refractivity contribution in [1.82, 2.24) is 0 Å². The molecule has 0 bridgehead atoms. The van der Waals surface area contributed by atoms with Gasteiger partial charge < -0.3 is 9.32 Å². The SMILES string of the molecule is CC.CC.CCN(CC)c1cccc2oc3c(C)cccc3c12. The topological polar surface area (TPSA) is 16.4 Å². The first-order chi connectivity index (χ1) is 11.3. The predicted molar refractivity (Wildman–Crippen MR) is 105 cm³/mol. The number of nitrogens with zero attached hydrogens (tertiary/aromatic N) is 1. The van der Waals surface area contributed by atoms with Crippen LogP contribution >= 0.6 is 0 Å². The Kier molecular flexibility index (Phi) is 7.67. The van der Waals surface area contributed by atoms with Crippen LogP contribution in [0.25, 0.3) is 21.9 Å². The summed E-state index contributed by atoms with van der Waals surface area (Å²) < 4.78 is 6.04. The number of fused-ring (bicyclic) bond motifs is 3. The smallest absolute Gasteiger partial charge is 0.138 e.